The fourth-order valence-corrected chi connectivity index (χ4v) is 6.27. The highest BCUT2D eigenvalue weighted by Crippen LogP contribution is 2.36. The second-order valence-electron chi connectivity index (χ2n) is 7.79. The second kappa shape index (κ2) is 8.58. The number of carbonyl (C=O) groups excluding carboxylic acids is 1. The zero-order valence-corrected chi connectivity index (χ0v) is 18.6. The molecular weight excluding hydrogens is 452 g/mol. The van der Waals surface area contributed by atoms with E-state index in [1.165, 1.54) is 4.31 Å². The van der Waals surface area contributed by atoms with Gasteiger partial charge in [0.1, 0.15) is 0 Å². The van der Waals surface area contributed by atoms with Crippen molar-refractivity contribution < 1.29 is 13.2 Å². The van der Waals surface area contributed by atoms with Crippen LogP contribution in [0.3, 0.4) is 0 Å². The third kappa shape index (κ3) is 4.42. The van der Waals surface area contributed by atoms with Crippen molar-refractivity contribution in [2.45, 2.75) is 55.5 Å². The number of sulfonamides is 1. The van der Waals surface area contributed by atoms with E-state index in [2.05, 4.69) is 21.2 Å². The summed E-state index contributed by atoms with van der Waals surface area (Å²) in [6, 6.07) is 14.3. The Labute approximate surface area is 180 Å². The molecule has 1 N–H and O–H groups in total. The first-order valence-electron chi connectivity index (χ1n) is 10.1. The molecular formula is C22H25BrN2O3S. The smallest absolute Gasteiger partial charge is 0.243 e. The van der Waals surface area contributed by atoms with Gasteiger partial charge in [-0.05, 0) is 54.7 Å². The SMILES string of the molecule is O=C(CC1c2ccccc2CCN1S(=O)(=O)c1ccc(Br)cc1)NC1CCCC1. The average molecular weight is 477 g/mol. The minimum Gasteiger partial charge on any atom is -0.353 e. The summed E-state index contributed by atoms with van der Waals surface area (Å²) < 4.78 is 29.2. The highest BCUT2D eigenvalue weighted by atomic mass is 79.9. The molecule has 0 saturated heterocycles. The molecule has 7 heteroatoms. The van der Waals surface area contributed by atoms with Crippen LogP contribution in [0.15, 0.2) is 57.9 Å². The maximum Gasteiger partial charge on any atom is 0.243 e. The van der Waals surface area contributed by atoms with Gasteiger partial charge in [-0.15, -0.1) is 0 Å². The number of amides is 1. The van der Waals surface area contributed by atoms with Crippen LogP contribution in [0.4, 0.5) is 0 Å². The molecule has 5 nitrogen and oxygen atoms in total. The maximum absolute atomic E-state index is 13.4. The van der Waals surface area contributed by atoms with E-state index < -0.39 is 16.1 Å². The molecule has 0 spiro atoms. The Morgan fingerprint density at radius 1 is 1.07 bits per heavy atom. The van der Waals surface area contributed by atoms with Crippen molar-refractivity contribution in [2.75, 3.05) is 6.54 Å². The van der Waals surface area contributed by atoms with Crippen LogP contribution < -0.4 is 5.32 Å². The summed E-state index contributed by atoms with van der Waals surface area (Å²) in [6.07, 6.45) is 5.08. The number of hydrogen-bond acceptors (Lipinski definition) is 3. The number of benzene rings is 2. The average Bonchev–Trinajstić information content (AvgIpc) is 3.21. The molecule has 29 heavy (non-hydrogen) atoms. The summed E-state index contributed by atoms with van der Waals surface area (Å²) in [7, 11) is -3.71. The van der Waals surface area contributed by atoms with E-state index in [4.69, 9.17) is 0 Å². The van der Waals surface area contributed by atoms with Crippen molar-refractivity contribution in [2.24, 2.45) is 0 Å². The number of rotatable bonds is 5. The Kier molecular flexibility index (Phi) is 6.08. The lowest BCUT2D eigenvalue weighted by molar-refractivity contribution is -0.122. The molecule has 1 atom stereocenters. The highest BCUT2D eigenvalue weighted by Gasteiger charge is 2.37. The summed E-state index contributed by atoms with van der Waals surface area (Å²) in [5.41, 5.74) is 2.05. The maximum atomic E-state index is 13.4. The monoisotopic (exact) mass is 476 g/mol. The molecule has 1 aliphatic heterocycles. The molecule has 4 rings (SSSR count). The van der Waals surface area contributed by atoms with E-state index in [1.807, 2.05) is 24.3 Å². The molecule has 1 heterocycles. The van der Waals surface area contributed by atoms with Crippen molar-refractivity contribution in [1.29, 1.82) is 0 Å². The first-order valence-corrected chi connectivity index (χ1v) is 12.3. The number of fused-ring (bicyclic) bond motifs is 1. The van der Waals surface area contributed by atoms with E-state index in [1.54, 1.807) is 24.3 Å². The Bertz CT molecular complexity index is 985. The van der Waals surface area contributed by atoms with Crippen LogP contribution in [-0.4, -0.2) is 31.2 Å². The minimum atomic E-state index is -3.71. The summed E-state index contributed by atoms with van der Waals surface area (Å²) in [4.78, 5) is 13.0. The van der Waals surface area contributed by atoms with Crippen LogP contribution >= 0.6 is 15.9 Å². The predicted molar refractivity (Wildman–Crippen MR) is 116 cm³/mol. The first-order chi connectivity index (χ1) is 13.9. The van der Waals surface area contributed by atoms with Crippen molar-refractivity contribution in [3.05, 3.63) is 64.1 Å². The number of carbonyl (C=O) groups is 1. The van der Waals surface area contributed by atoms with E-state index in [0.29, 0.717) is 13.0 Å². The van der Waals surface area contributed by atoms with Crippen LogP contribution in [0.5, 0.6) is 0 Å². The van der Waals surface area contributed by atoms with Crippen LogP contribution in [0, 0.1) is 0 Å². The van der Waals surface area contributed by atoms with E-state index in [9.17, 15) is 13.2 Å². The van der Waals surface area contributed by atoms with Gasteiger partial charge in [-0.3, -0.25) is 4.79 Å². The number of halogens is 1. The van der Waals surface area contributed by atoms with E-state index in [0.717, 1.165) is 41.3 Å². The van der Waals surface area contributed by atoms with Crippen LogP contribution in [-0.2, 0) is 21.2 Å². The van der Waals surface area contributed by atoms with Crippen molar-refractivity contribution >= 4 is 31.9 Å². The lowest BCUT2D eigenvalue weighted by atomic mass is 9.92. The summed E-state index contributed by atoms with van der Waals surface area (Å²) in [6.45, 7) is 0.372. The van der Waals surface area contributed by atoms with E-state index in [-0.39, 0.29) is 23.3 Å². The third-order valence-electron chi connectivity index (χ3n) is 5.88. The lowest BCUT2D eigenvalue weighted by Crippen LogP contribution is -2.43. The van der Waals surface area contributed by atoms with Crippen molar-refractivity contribution in [3.63, 3.8) is 0 Å². The van der Waals surface area contributed by atoms with Gasteiger partial charge < -0.3 is 5.32 Å². The van der Waals surface area contributed by atoms with Gasteiger partial charge in [0, 0.05) is 23.5 Å². The number of nitrogens with zero attached hydrogens (tertiary/aromatic N) is 1. The quantitative estimate of drug-likeness (QED) is 0.703. The zero-order valence-electron chi connectivity index (χ0n) is 16.2. The molecule has 1 unspecified atom stereocenters. The molecule has 0 bridgehead atoms. The first kappa shape index (κ1) is 20.6. The molecule has 0 aromatic heterocycles. The van der Waals surface area contributed by atoms with E-state index >= 15 is 0 Å². The normalized spacial score (nSPS) is 20.4. The predicted octanol–water partition coefficient (Wildman–Crippen LogP) is 4.19. The fraction of sp³-hybridized carbons (Fsp3) is 0.409. The highest BCUT2D eigenvalue weighted by molar-refractivity contribution is 9.10. The van der Waals surface area contributed by atoms with Crippen molar-refractivity contribution in [1.82, 2.24) is 9.62 Å². The molecule has 2 aliphatic rings. The van der Waals surface area contributed by atoms with Gasteiger partial charge >= 0.3 is 0 Å². The Morgan fingerprint density at radius 3 is 2.48 bits per heavy atom. The molecule has 1 amide bonds. The second-order valence-corrected chi connectivity index (χ2v) is 10.6. The Balaban J connectivity index is 1.64. The molecule has 1 aliphatic carbocycles. The van der Waals surface area contributed by atoms with Crippen LogP contribution in [0.1, 0.15) is 49.3 Å². The molecule has 1 fully saturated rings. The lowest BCUT2D eigenvalue weighted by Gasteiger charge is -2.36. The standard InChI is InChI=1S/C22H25BrN2O3S/c23-17-9-11-19(12-10-17)29(27,28)25-14-13-16-5-1-4-8-20(16)21(25)15-22(26)24-18-6-2-3-7-18/h1,4-5,8-12,18,21H,2-3,6-7,13-15H2,(H,24,26). The molecule has 0 radical (unpaired) electrons. The van der Waals surface area contributed by atoms with Gasteiger partial charge in [-0.1, -0.05) is 53.0 Å². The molecule has 154 valence electrons. The van der Waals surface area contributed by atoms with Gasteiger partial charge in [-0.25, -0.2) is 8.42 Å². The van der Waals surface area contributed by atoms with Gasteiger partial charge in [0.15, 0.2) is 0 Å². The number of nitrogens with one attached hydrogen (secondary N) is 1. The van der Waals surface area contributed by atoms with Crippen LogP contribution in [0.25, 0.3) is 0 Å². The molecule has 2 aromatic carbocycles. The largest absolute Gasteiger partial charge is 0.353 e. The van der Waals surface area contributed by atoms with Gasteiger partial charge in [-0.2, -0.15) is 4.31 Å². The summed E-state index contributed by atoms with van der Waals surface area (Å²) in [5, 5.41) is 3.11. The fourth-order valence-electron chi connectivity index (χ4n) is 4.40. The number of hydrogen-bond donors (Lipinski definition) is 1. The van der Waals surface area contributed by atoms with Crippen molar-refractivity contribution in [3.8, 4) is 0 Å². The Hall–Kier alpha value is -1.70. The van der Waals surface area contributed by atoms with Gasteiger partial charge in [0.05, 0.1) is 10.9 Å². The minimum absolute atomic E-state index is 0.0744. The molecule has 2 aromatic rings. The zero-order chi connectivity index (χ0) is 20.4. The van der Waals surface area contributed by atoms with Crippen LogP contribution in [0.2, 0.25) is 0 Å². The Morgan fingerprint density at radius 2 is 1.76 bits per heavy atom. The molecule has 1 saturated carbocycles. The third-order valence-corrected chi connectivity index (χ3v) is 8.33. The summed E-state index contributed by atoms with van der Waals surface area (Å²) in [5.74, 6) is -0.0744. The summed E-state index contributed by atoms with van der Waals surface area (Å²) >= 11 is 3.35. The van der Waals surface area contributed by atoms with Gasteiger partial charge in [0.25, 0.3) is 0 Å². The van der Waals surface area contributed by atoms with Gasteiger partial charge in [0.2, 0.25) is 15.9 Å². The topological polar surface area (TPSA) is 66.5 Å².